The monoisotopic (exact) mass is 448 g/mol. The molecule has 1 amide bonds. The van der Waals surface area contributed by atoms with Gasteiger partial charge >= 0.3 is 0 Å². The zero-order valence-electron chi connectivity index (χ0n) is 18.1. The number of hydrogen-bond donors (Lipinski definition) is 1. The van der Waals surface area contributed by atoms with Crippen molar-refractivity contribution in [2.45, 2.75) is 43.8 Å². The van der Waals surface area contributed by atoms with Crippen LogP contribution in [0.25, 0.3) is 11.2 Å². The molecule has 0 saturated carbocycles. The van der Waals surface area contributed by atoms with Crippen LogP contribution in [0, 0.1) is 5.82 Å². The van der Waals surface area contributed by atoms with Gasteiger partial charge in [0.05, 0.1) is 6.54 Å². The maximum absolute atomic E-state index is 13.5. The molecule has 0 aliphatic carbocycles. The Bertz CT molecular complexity index is 1220. The first-order valence-electron chi connectivity index (χ1n) is 10.6. The summed E-state index contributed by atoms with van der Waals surface area (Å²) in [5.41, 5.74) is 4.20. The van der Waals surface area contributed by atoms with E-state index in [4.69, 9.17) is 4.98 Å². The van der Waals surface area contributed by atoms with Crippen LogP contribution in [0.3, 0.4) is 0 Å². The molecule has 4 rings (SSSR count). The SMILES string of the molecule is CCC(C)NC(=O)c1ccc(Cn2c(SCc3cccc(F)c3)nc3cccnc32)cc1. The number of carbonyl (C=O) groups is 1. The molecule has 32 heavy (non-hydrogen) atoms. The maximum Gasteiger partial charge on any atom is 0.251 e. The summed E-state index contributed by atoms with van der Waals surface area (Å²) in [6.45, 7) is 4.61. The number of fused-ring (bicyclic) bond motifs is 1. The van der Waals surface area contributed by atoms with Crippen LogP contribution in [-0.2, 0) is 12.3 Å². The second-order valence-electron chi connectivity index (χ2n) is 7.72. The molecule has 2 aromatic heterocycles. The first kappa shape index (κ1) is 22.0. The van der Waals surface area contributed by atoms with E-state index in [2.05, 4.69) is 14.9 Å². The Hall–Kier alpha value is -3.19. The number of benzene rings is 2. The lowest BCUT2D eigenvalue weighted by Crippen LogP contribution is -2.31. The number of pyridine rings is 1. The molecule has 2 aromatic carbocycles. The molecule has 5 nitrogen and oxygen atoms in total. The Morgan fingerprint density at radius 2 is 1.94 bits per heavy atom. The summed E-state index contributed by atoms with van der Waals surface area (Å²) in [4.78, 5) is 21.6. The Labute approximate surface area is 191 Å². The van der Waals surface area contributed by atoms with Crippen molar-refractivity contribution in [2.75, 3.05) is 0 Å². The quantitative estimate of drug-likeness (QED) is 0.365. The van der Waals surface area contributed by atoms with Gasteiger partial charge in [0.2, 0.25) is 0 Å². The average molecular weight is 449 g/mol. The Morgan fingerprint density at radius 3 is 2.69 bits per heavy atom. The molecule has 1 N–H and O–H groups in total. The minimum Gasteiger partial charge on any atom is -0.350 e. The van der Waals surface area contributed by atoms with Crippen molar-refractivity contribution in [3.8, 4) is 0 Å². The molecule has 0 saturated heterocycles. The lowest BCUT2D eigenvalue weighted by atomic mass is 10.1. The zero-order valence-corrected chi connectivity index (χ0v) is 18.9. The number of halogens is 1. The third kappa shape index (κ3) is 5.16. The fourth-order valence-electron chi connectivity index (χ4n) is 3.32. The molecule has 0 radical (unpaired) electrons. The van der Waals surface area contributed by atoms with Gasteiger partial charge in [0.25, 0.3) is 5.91 Å². The molecule has 164 valence electrons. The van der Waals surface area contributed by atoms with Crippen molar-refractivity contribution in [3.63, 3.8) is 0 Å². The molecule has 4 aromatic rings. The van der Waals surface area contributed by atoms with Gasteiger partial charge in [-0.25, -0.2) is 14.4 Å². The van der Waals surface area contributed by atoms with Crippen molar-refractivity contribution in [2.24, 2.45) is 0 Å². The highest BCUT2D eigenvalue weighted by atomic mass is 32.2. The summed E-state index contributed by atoms with van der Waals surface area (Å²) in [7, 11) is 0. The molecule has 0 aliphatic heterocycles. The predicted molar refractivity (Wildman–Crippen MR) is 126 cm³/mol. The summed E-state index contributed by atoms with van der Waals surface area (Å²) in [6.07, 6.45) is 2.64. The van der Waals surface area contributed by atoms with Gasteiger partial charge in [-0.1, -0.05) is 43.0 Å². The third-order valence-corrected chi connectivity index (χ3v) is 6.32. The van der Waals surface area contributed by atoms with Gasteiger partial charge in [-0.15, -0.1) is 0 Å². The number of hydrogen-bond acceptors (Lipinski definition) is 4. The van der Waals surface area contributed by atoms with Crippen LogP contribution in [0.4, 0.5) is 4.39 Å². The molecule has 0 spiro atoms. The van der Waals surface area contributed by atoms with Crippen LogP contribution in [0.2, 0.25) is 0 Å². The van der Waals surface area contributed by atoms with Crippen molar-refractivity contribution in [1.29, 1.82) is 0 Å². The molecule has 0 fully saturated rings. The number of imidazole rings is 1. The molecule has 1 unspecified atom stereocenters. The van der Waals surface area contributed by atoms with Crippen LogP contribution < -0.4 is 5.32 Å². The van der Waals surface area contributed by atoms with E-state index in [1.54, 1.807) is 30.1 Å². The lowest BCUT2D eigenvalue weighted by molar-refractivity contribution is 0.0939. The summed E-state index contributed by atoms with van der Waals surface area (Å²) in [6, 6.07) is 18.2. The molecular weight excluding hydrogens is 423 g/mol. The van der Waals surface area contributed by atoms with Crippen molar-refractivity contribution < 1.29 is 9.18 Å². The lowest BCUT2D eigenvalue weighted by Gasteiger charge is -2.12. The van der Waals surface area contributed by atoms with E-state index in [-0.39, 0.29) is 17.8 Å². The molecule has 7 heteroatoms. The van der Waals surface area contributed by atoms with Crippen molar-refractivity contribution in [1.82, 2.24) is 19.9 Å². The van der Waals surface area contributed by atoms with E-state index in [1.807, 2.05) is 56.3 Å². The largest absolute Gasteiger partial charge is 0.350 e. The molecule has 2 heterocycles. The smallest absolute Gasteiger partial charge is 0.251 e. The molecule has 0 aliphatic rings. The van der Waals surface area contributed by atoms with Gasteiger partial charge in [-0.05, 0) is 60.9 Å². The topological polar surface area (TPSA) is 59.8 Å². The van der Waals surface area contributed by atoms with Gasteiger partial charge in [0, 0.05) is 23.6 Å². The van der Waals surface area contributed by atoms with Gasteiger partial charge in [0.15, 0.2) is 10.8 Å². The minimum absolute atomic E-state index is 0.0630. The number of amides is 1. The van der Waals surface area contributed by atoms with E-state index in [0.717, 1.165) is 33.9 Å². The van der Waals surface area contributed by atoms with Gasteiger partial charge < -0.3 is 5.32 Å². The normalized spacial score (nSPS) is 12.1. The van der Waals surface area contributed by atoms with Crippen LogP contribution >= 0.6 is 11.8 Å². The van der Waals surface area contributed by atoms with E-state index in [1.165, 1.54) is 6.07 Å². The highest BCUT2D eigenvalue weighted by Crippen LogP contribution is 2.27. The van der Waals surface area contributed by atoms with Crippen LogP contribution in [0.5, 0.6) is 0 Å². The Balaban J connectivity index is 1.55. The average Bonchev–Trinajstić information content (AvgIpc) is 3.15. The fraction of sp³-hybridized carbons (Fsp3) is 0.240. The van der Waals surface area contributed by atoms with Gasteiger partial charge in [-0.3, -0.25) is 9.36 Å². The van der Waals surface area contributed by atoms with Gasteiger partial charge in [-0.2, -0.15) is 0 Å². The van der Waals surface area contributed by atoms with Crippen LogP contribution in [0.15, 0.2) is 72.0 Å². The minimum atomic E-state index is -0.240. The number of nitrogens with one attached hydrogen (secondary N) is 1. The van der Waals surface area contributed by atoms with Crippen molar-refractivity contribution in [3.05, 3.63) is 89.4 Å². The predicted octanol–water partition coefficient (Wildman–Crippen LogP) is 5.44. The fourth-order valence-corrected chi connectivity index (χ4v) is 4.26. The van der Waals surface area contributed by atoms with Crippen LogP contribution in [0.1, 0.15) is 41.8 Å². The first-order chi connectivity index (χ1) is 15.5. The van der Waals surface area contributed by atoms with Crippen LogP contribution in [-0.4, -0.2) is 26.5 Å². The first-order valence-corrected chi connectivity index (χ1v) is 11.6. The molecular formula is C25H25FN4OS. The summed E-state index contributed by atoms with van der Waals surface area (Å²) in [5, 5.41) is 3.81. The highest BCUT2D eigenvalue weighted by Gasteiger charge is 2.14. The van der Waals surface area contributed by atoms with E-state index >= 15 is 0 Å². The Kier molecular flexibility index (Phi) is 6.85. The highest BCUT2D eigenvalue weighted by molar-refractivity contribution is 7.98. The number of rotatable bonds is 8. The number of carbonyl (C=O) groups excluding carboxylic acids is 1. The summed E-state index contributed by atoms with van der Waals surface area (Å²) in [5.74, 6) is 0.304. The molecule has 0 bridgehead atoms. The second-order valence-corrected chi connectivity index (χ2v) is 8.67. The van der Waals surface area contributed by atoms with E-state index in [0.29, 0.717) is 17.9 Å². The maximum atomic E-state index is 13.5. The standard InChI is InChI=1S/C25H25FN4OS/c1-3-17(2)28-24(31)20-11-9-18(10-12-20)15-30-23-22(8-5-13-27-23)29-25(30)32-16-19-6-4-7-21(26)14-19/h4-14,17H,3,15-16H2,1-2H3,(H,28,31). The molecule has 1 atom stereocenters. The van der Waals surface area contributed by atoms with E-state index < -0.39 is 0 Å². The second kappa shape index (κ2) is 9.96. The van der Waals surface area contributed by atoms with Gasteiger partial charge in [0.1, 0.15) is 11.3 Å². The number of thioether (sulfide) groups is 1. The summed E-state index contributed by atoms with van der Waals surface area (Å²) >= 11 is 1.55. The van der Waals surface area contributed by atoms with E-state index in [9.17, 15) is 9.18 Å². The third-order valence-electron chi connectivity index (χ3n) is 5.27. The number of nitrogens with zero attached hydrogens (tertiary/aromatic N) is 3. The number of aromatic nitrogens is 3. The van der Waals surface area contributed by atoms with Crippen molar-refractivity contribution >= 4 is 28.8 Å². The Morgan fingerprint density at radius 1 is 1.12 bits per heavy atom. The zero-order chi connectivity index (χ0) is 22.5. The summed E-state index contributed by atoms with van der Waals surface area (Å²) < 4.78 is 15.6.